The number of halogens is 3. The van der Waals surface area contributed by atoms with E-state index in [4.69, 9.17) is 4.74 Å². The Morgan fingerprint density at radius 3 is 2.53 bits per heavy atom. The molecule has 1 aliphatic heterocycles. The lowest BCUT2D eigenvalue weighted by atomic mass is 9.92. The van der Waals surface area contributed by atoms with Crippen LogP contribution in [0.4, 0.5) is 13.2 Å². The summed E-state index contributed by atoms with van der Waals surface area (Å²) < 4.78 is 40.6. The Hall–Kier alpha value is -0.330. The van der Waals surface area contributed by atoms with Gasteiger partial charge in [-0.1, -0.05) is 13.8 Å². The quantitative estimate of drug-likeness (QED) is 0.757. The van der Waals surface area contributed by atoms with Crippen molar-refractivity contribution in [2.75, 3.05) is 39.4 Å². The largest absolute Gasteiger partial charge is 0.411 e. The van der Waals surface area contributed by atoms with Crippen LogP contribution in [0.2, 0.25) is 0 Å². The van der Waals surface area contributed by atoms with Crippen molar-refractivity contribution in [2.24, 2.45) is 0 Å². The van der Waals surface area contributed by atoms with Gasteiger partial charge in [-0.05, 0) is 32.4 Å². The van der Waals surface area contributed by atoms with Crippen LogP contribution in [0, 0.1) is 0 Å². The number of rotatable bonds is 6. The molecule has 6 heteroatoms. The van der Waals surface area contributed by atoms with Gasteiger partial charge in [0.25, 0.3) is 0 Å². The Bertz CT molecular complexity index is 255. The van der Waals surface area contributed by atoms with Crippen molar-refractivity contribution in [2.45, 2.75) is 44.8 Å². The highest BCUT2D eigenvalue weighted by Gasteiger charge is 2.30. The second kappa shape index (κ2) is 7.45. The van der Waals surface area contributed by atoms with Gasteiger partial charge in [-0.25, -0.2) is 0 Å². The third-order valence-electron chi connectivity index (χ3n) is 3.85. The monoisotopic (exact) mass is 282 g/mol. The van der Waals surface area contributed by atoms with E-state index in [2.05, 4.69) is 24.1 Å². The molecule has 3 nitrogen and oxygen atoms in total. The lowest BCUT2D eigenvalue weighted by Crippen LogP contribution is -2.51. The molecular formula is C13H25F3N2O. The maximum absolute atomic E-state index is 12.0. The number of hydrogen-bond donors (Lipinski definition) is 1. The van der Waals surface area contributed by atoms with E-state index in [1.807, 2.05) is 0 Å². The first-order valence-electron chi connectivity index (χ1n) is 7.02. The van der Waals surface area contributed by atoms with Crippen LogP contribution < -0.4 is 5.32 Å². The molecule has 0 spiro atoms. The molecule has 0 aliphatic carbocycles. The minimum Gasteiger partial charge on any atom is -0.371 e. The summed E-state index contributed by atoms with van der Waals surface area (Å²) in [5, 5.41) is 3.58. The van der Waals surface area contributed by atoms with Crippen molar-refractivity contribution in [1.82, 2.24) is 10.2 Å². The standard InChI is InChI=1S/C13H25F3N2O/c1-3-12(4-2)10-18(7-5-6-17-12)8-9-19-11-13(14,15)16/h17H,3-11H2,1-2H3. The molecule has 1 heterocycles. The third kappa shape index (κ3) is 6.10. The van der Waals surface area contributed by atoms with Gasteiger partial charge in [-0.3, -0.25) is 4.90 Å². The second-order valence-corrected chi connectivity index (χ2v) is 5.21. The third-order valence-corrected chi connectivity index (χ3v) is 3.85. The Morgan fingerprint density at radius 1 is 1.26 bits per heavy atom. The molecule has 1 N–H and O–H groups in total. The van der Waals surface area contributed by atoms with E-state index in [-0.39, 0.29) is 12.1 Å². The molecule has 0 amide bonds. The minimum atomic E-state index is -4.23. The molecule has 0 unspecified atom stereocenters. The van der Waals surface area contributed by atoms with Gasteiger partial charge in [-0.15, -0.1) is 0 Å². The van der Waals surface area contributed by atoms with Gasteiger partial charge in [0.2, 0.25) is 0 Å². The Labute approximate surface area is 113 Å². The first kappa shape index (κ1) is 16.7. The zero-order chi connectivity index (χ0) is 14.4. The maximum atomic E-state index is 12.0. The predicted octanol–water partition coefficient (Wildman–Crippen LogP) is 2.42. The Balaban J connectivity index is 2.36. The summed E-state index contributed by atoms with van der Waals surface area (Å²) in [7, 11) is 0. The normalized spacial score (nSPS) is 21.3. The second-order valence-electron chi connectivity index (χ2n) is 5.21. The van der Waals surface area contributed by atoms with E-state index < -0.39 is 12.8 Å². The van der Waals surface area contributed by atoms with Crippen LogP contribution in [-0.4, -0.2) is 56.0 Å². The van der Waals surface area contributed by atoms with Crippen molar-refractivity contribution < 1.29 is 17.9 Å². The highest BCUT2D eigenvalue weighted by atomic mass is 19.4. The predicted molar refractivity (Wildman–Crippen MR) is 69.2 cm³/mol. The molecule has 0 saturated carbocycles. The molecule has 1 rings (SSSR count). The Kier molecular flexibility index (Phi) is 6.56. The van der Waals surface area contributed by atoms with E-state index in [1.54, 1.807) is 0 Å². The summed E-state index contributed by atoms with van der Waals surface area (Å²) in [5.41, 5.74) is 0.0977. The van der Waals surface area contributed by atoms with E-state index in [0.29, 0.717) is 6.54 Å². The molecule has 0 radical (unpaired) electrons. The van der Waals surface area contributed by atoms with Crippen LogP contribution in [0.25, 0.3) is 0 Å². The smallest absolute Gasteiger partial charge is 0.371 e. The van der Waals surface area contributed by atoms with Crippen molar-refractivity contribution in [3.63, 3.8) is 0 Å². The number of nitrogens with zero attached hydrogens (tertiary/aromatic N) is 1. The highest BCUT2D eigenvalue weighted by Crippen LogP contribution is 2.19. The van der Waals surface area contributed by atoms with Gasteiger partial charge in [0, 0.05) is 18.6 Å². The van der Waals surface area contributed by atoms with E-state index in [9.17, 15) is 13.2 Å². The number of nitrogens with one attached hydrogen (secondary N) is 1. The van der Waals surface area contributed by atoms with E-state index in [0.717, 1.165) is 38.9 Å². The molecule has 0 aromatic carbocycles. The van der Waals surface area contributed by atoms with Crippen LogP contribution in [0.1, 0.15) is 33.1 Å². The molecule has 114 valence electrons. The topological polar surface area (TPSA) is 24.5 Å². The van der Waals surface area contributed by atoms with Crippen molar-refractivity contribution in [1.29, 1.82) is 0 Å². The number of ether oxygens (including phenoxy) is 1. The zero-order valence-corrected chi connectivity index (χ0v) is 11.9. The van der Waals surface area contributed by atoms with E-state index >= 15 is 0 Å². The summed E-state index contributed by atoms with van der Waals surface area (Å²) in [6, 6.07) is 0. The van der Waals surface area contributed by atoms with Crippen LogP contribution in [-0.2, 0) is 4.74 Å². The van der Waals surface area contributed by atoms with Crippen molar-refractivity contribution in [3.8, 4) is 0 Å². The molecular weight excluding hydrogens is 257 g/mol. The molecule has 19 heavy (non-hydrogen) atoms. The number of hydrogen-bond acceptors (Lipinski definition) is 3. The lowest BCUT2D eigenvalue weighted by Gasteiger charge is -2.35. The zero-order valence-electron chi connectivity index (χ0n) is 11.9. The molecule has 0 aromatic rings. The summed E-state index contributed by atoms with van der Waals surface area (Å²) in [6.07, 6.45) is -1.13. The lowest BCUT2D eigenvalue weighted by molar-refractivity contribution is -0.174. The highest BCUT2D eigenvalue weighted by molar-refractivity contribution is 4.91. The molecule has 0 aromatic heterocycles. The van der Waals surface area contributed by atoms with Gasteiger partial charge in [0.05, 0.1) is 6.61 Å². The molecule has 0 atom stereocenters. The fraction of sp³-hybridized carbons (Fsp3) is 1.00. The fourth-order valence-electron chi connectivity index (χ4n) is 2.52. The molecule has 1 saturated heterocycles. The maximum Gasteiger partial charge on any atom is 0.411 e. The summed E-state index contributed by atoms with van der Waals surface area (Å²) in [6.45, 7) is 6.65. The summed E-state index contributed by atoms with van der Waals surface area (Å²) in [4.78, 5) is 2.21. The van der Waals surface area contributed by atoms with Crippen LogP contribution in [0.15, 0.2) is 0 Å². The molecule has 1 fully saturated rings. The van der Waals surface area contributed by atoms with Crippen molar-refractivity contribution in [3.05, 3.63) is 0 Å². The van der Waals surface area contributed by atoms with Crippen LogP contribution in [0.5, 0.6) is 0 Å². The fourth-order valence-corrected chi connectivity index (χ4v) is 2.52. The van der Waals surface area contributed by atoms with Gasteiger partial charge < -0.3 is 10.1 Å². The average Bonchev–Trinajstić information content (AvgIpc) is 2.56. The van der Waals surface area contributed by atoms with Crippen molar-refractivity contribution >= 4 is 0 Å². The van der Waals surface area contributed by atoms with Gasteiger partial charge >= 0.3 is 6.18 Å². The first-order chi connectivity index (χ1) is 8.91. The van der Waals surface area contributed by atoms with Gasteiger partial charge in [0.1, 0.15) is 6.61 Å². The average molecular weight is 282 g/mol. The van der Waals surface area contributed by atoms with Gasteiger partial charge in [-0.2, -0.15) is 13.2 Å². The van der Waals surface area contributed by atoms with Crippen LogP contribution >= 0.6 is 0 Å². The minimum absolute atomic E-state index is 0.0977. The first-order valence-corrected chi connectivity index (χ1v) is 7.02. The Morgan fingerprint density at radius 2 is 1.95 bits per heavy atom. The van der Waals surface area contributed by atoms with E-state index in [1.165, 1.54) is 0 Å². The summed E-state index contributed by atoms with van der Waals surface area (Å²) in [5.74, 6) is 0. The number of alkyl halides is 3. The molecule has 0 bridgehead atoms. The van der Waals surface area contributed by atoms with Gasteiger partial charge in [0.15, 0.2) is 0 Å². The SMILES string of the molecule is CCC1(CC)CN(CCOCC(F)(F)F)CCCN1. The van der Waals surface area contributed by atoms with Crippen LogP contribution in [0.3, 0.4) is 0 Å². The summed E-state index contributed by atoms with van der Waals surface area (Å²) >= 11 is 0. The molecule has 1 aliphatic rings.